The molecule has 1 unspecified atom stereocenters. The maximum absolute atomic E-state index is 13.4. The van der Waals surface area contributed by atoms with Gasteiger partial charge in [0, 0.05) is 31.8 Å². The third-order valence-corrected chi connectivity index (χ3v) is 5.89. The minimum atomic E-state index is -0.497. The fraction of sp³-hybridized carbons (Fsp3) is 0.435. The van der Waals surface area contributed by atoms with E-state index < -0.39 is 5.91 Å². The van der Waals surface area contributed by atoms with E-state index in [-0.39, 0.29) is 29.2 Å². The van der Waals surface area contributed by atoms with E-state index in [9.17, 15) is 9.59 Å². The molecule has 5 rings (SSSR count). The quantitative estimate of drug-likeness (QED) is 0.422. The van der Waals surface area contributed by atoms with Gasteiger partial charge in [-0.25, -0.2) is 19.9 Å². The molecule has 1 saturated heterocycles. The molecule has 1 aliphatic heterocycles. The molecule has 2 fully saturated rings. The highest BCUT2D eigenvalue weighted by Crippen LogP contribution is 2.39. The van der Waals surface area contributed by atoms with Crippen molar-refractivity contribution >= 4 is 29.0 Å². The molecular weight excluding hydrogens is 450 g/mol. The van der Waals surface area contributed by atoms with Gasteiger partial charge in [0.2, 0.25) is 0 Å². The highest BCUT2D eigenvalue weighted by atomic mass is 16.5. The van der Waals surface area contributed by atoms with Crippen LogP contribution in [0.25, 0.3) is 0 Å². The molecule has 12 nitrogen and oxygen atoms in total. The fourth-order valence-electron chi connectivity index (χ4n) is 3.85. The van der Waals surface area contributed by atoms with Crippen molar-refractivity contribution in [2.75, 3.05) is 23.8 Å². The summed E-state index contributed by atoms with van der Waals surface area (Å²) >= 11 is 0. The van der Waals surface area contributed by atoms with Crippen molar-refractivity contribution in [1.29, 1.82) is 0 Å². The average Bonchev–Trinajstić information content (AvgIpc) is 3.44. The number of carbonyl (C=O) groups is 2. The summed E-state index contributed by atoms with van der Waals surface area (Å²) in [7, 11) is 0. The van der Waals surface area contributed by atoms with Gasteiger partial charge >= 0.3 is 0 Å². The van der Waals surface area contributed by atoms with Gasteiger partial charge in [0.15, 0.2) is 17.2 Å². The number of anilines is 3. The third-order valence-electron chi connectivity index (χ3n) is 5.89. The van der Waals surface area contributed by atoms with Gasteiger partial charge in [0.05, 0.1) is 41.8 Å². The van der Waals surface area contributed by atoms with Crippen LogP contribution in [0.3, 0.4) is 0 Å². The lowest BCUT2D eigenvalue weighted by Crippen LogP contribution is -2.32. The van der Waals surface area contributed by atoms with Gasteiger partial charge in [0.25, 0.3) is 11.8 Å². The molecule has 4 heterocycles. The van der Waals surface area contributed by atoms with Crippen molar-refractivity contribution in [2.45, 2.75) is 51.2 Å². The molecule has 3 N–H and O–H groups in total. The largest absolute Gasteiger partial charge is 0.376 e. The predicted molar refractivity (Wildman–Crippen MR) is 126 cm³/mol. The van der Waals surface area contributed by atoms with Crippen LogP contribution in [-0.4, -0.2) is 60.8 Å². The van der Waals surface area contributed by atoms with Crippen molar-refractivity contribution in [3.05, 3.63) is 48.2 Å². The second kappa shape index (κ2) is 10.1. The van der Waals surface area contributed by atoms with Crippen LogP contribution in [-0.2, 0) is 11.3 Å². The second-order valence-corrected chi connectivity index (χ2v) is 8.56. The highest BCUT2D eigenvalue weighted by molar-refractivity contribution is 6.09. The number of hydrogen-bond donors (Lipinski definition) is 3. The smallest absolute Gasteiger partial charge is 0.278 e. The molecule has 0 aromatic carbocycles. The summed E-state index contributed by atoms with van der Waals surface area (Å²) in [5, 5.41) is 13.1. The molecule has 0 radical (unpaired) electrons. The normalized spacial score (nSPS) is 17.2. The Kier molecular flexibility index (Phi) is 6.62. The van der Waals surface area contributed by atoms with Gasteiger partial charge in [-0.15, -0.1) is 0 Å². The minimum Gasteiger partial charge on any atom is -0.376 e. The number of nitrogens with zero attached hydrogens (tertiary/aromatic N) is 6. The Morgan fingerprint density at radius 3 is 2.66 bits per heavy atom. The summed E-state index contributed by atoms with van der Waals surface area (Å²) in [6.07, 6.45) is 11.8. The van der Waals surface area contributed by atoms with Gasteiger partial charge in [-0.3, -0.25) is 14.3 Å². The molecule has 1 saturated carbocycles. The van der Waals surface area contributed by atoms with E-state index in [0.29, 0.717) is 37.0 Å². The Balaban J connectivity index is 1.38. The van der Waals surface area contributed by atoms with Crippen LogP contribution >= 0.6 is 0 Å². The summed E-state index contributed by atoms with van der Waals surface area (Å²) in [5.74, 6) is -0.289. The summed E-state index contributed by atoms with van der Waals surface area (Å²) in [4.78, 5) is 43.3. The molecule has 12 heteroatoms. The molecule has 3 aromatic rings. The maximum atomic E-state index is 13.4. The molecule has 1 atom stereocenters. The third kappa shape index (κ3) is 5.43. The van der Waals surface area contributed by atoms with Crippen molar-refractivity contribution in [2.24, 2.45) is 0 Å². The lowest BCUT2D eigenvalue weighted by molar-refractivity contribution is 0.0853. The number of carbonyl (C=O) groups excluding carboxylic acids is 2. The molecule has 1 aliphatic carbocycles. The van der Waals surface area contributed by atoms with Crippen molar-refractivity contribution in [1.82, 2.24) is 35.0 Å². The van der Waals surface area contributed by atoms with E-state index in [0.717, 1.165) is 31.4 Å². The molecule has 35 heavy (non-hydrogen) atoms. The van der Waals surface area contributed by atoms with Crippen LogP contribution < -0.4 is 16.0 Å². The van der Waals surface area contributed by atoms with Gasteiger partial charge in [-0.2, -0.15) is 5.10 Å². The lowest BCUT2D eigenvalue weighted by Gasteiger charge is -2.12. The first kappa shape index (κ1) is 22.8. The molecule has 3 aromatic heterocycles. The number of aromatic nitrogens is 6. The Morgan fingerprint density at radius 2 is 1.94 bits per heavy atom. The summed E-state index contributed by atoms with van der Waals surface area (Å²) in [6, 6.07) is 0. The van der Waals surface area contributed by atoms with Crippen LogP contribution in [0.15, 0.2) is 31.1 Å². The van der Waals surface area contributed by atoms with E-state index in [4.69, 9.17) is 4.74 Å². The van der Waals surface area contributed by atoms with E-state index in [1.165, 1.54) is 6.33 Å². The van der Waals surface area contributed by atoms with E-state index in [1.54, 1.807) is 29.5 Å². The summed E-state index contributed by atoms with van der Waals surface area (Å²) < 4.78 is 7.18. The first-order valence-corrected chi connectivity index (χ1v) is 11.8. The molecule has 2 amide bonds. The van der Waals surface area contributed by atoms with Crippen molar-refractivity contribution < 1.29 is 14.3 Å². The number of aryl methyl sites for hydroxylation is 1. The maximum Gasteiger partial charge on any atom is 0.278 e. The minimum absolute atomic E-state index is 0.00119. The zero-order valence-electron chi connectivity index (χ0n) is 19.4. The van der Waals surface area contributed by atoms with E-state index in [1.807, 2.05) is 6.92 Å². The van der Waals surface area contributed by atoms with Gasteiger partial charge in [-0.1, -0.05) is 0 Å². The standard InChI is InChI=1S/C23H27N9O3/c1-2-32-12-18(19(31-32)22(33)27-10-16-4-3-7-35-16)30-23(34)20-21(28-15-8-24-13-25-9-15)26-11-17(29-20)14-5-6-14/h8-9,11-14,16H,2-7,10H2,1H3,(H,26,28)(H,27,33)(H,30,34). The zero-order chi connectivity index (χ0) is 24.2. The Bertz CT molecular complexity index is 1200. The summed E-state index contributed by atoms with van der Waals surface area (Å²) in [6.45, 7) is 3.55. The fourth-order valence-corrected chi connectivity index (χ4v) is 3.85. The van der Waals surface area contributed by atoms with Crippen LogP contribution in [0.5, 0.6) is 0 Å². The van der Waals surface area contributed by atoms with Crippen LogP contribution in [0.1, 0.15) is 65.2 Å². The zero-order valence-corrected chi connectivity index (χ0v) is 19.4. The monoisotopic (exact) mass is 477 g/mol. The Hall–Kier alpha value is -3.93. The number of amides is 2. The van der Waals surface area contributed by atoms with Crippen LogP contribution in [0.4, 0.5) is 17.2 Å². The van der Waals surface area contributed by atoms with Crippen molar-refractivity contribution in [3.63, 3.8) is 0 Å². The molecular formula is C23H27N9O3. The summed E-state index contributed by atoms with van der Waals surface area (Å²) in [5.41, 5.74) is 1.89. The first-order valence-electron chi connectivity index (χ1n) is 11.8. The van der Waals surface area contributed by atoms with Crippen molar-refractivity contribution in [3.8, 4) is 0 Å². The first-order chi connectivity index (χ1) is 17.1. The molecule has 2 aliphatic rings. The second-order valence-electron chi connectivity index (χ2n) is 8.56. The Morgan fingerprint density at radius 1 is 1.11 bits per heavy atom. The number of nitrogens with one attached hydrogen (secondary N) is 3. The van der Waals surface area contributed by atoms with Crippen LogP contribution in [0.2, 0.25) is 0 Å². The van der Waals surface area contributed by atoms with Gasteiger partial charge in [0.1, 0.15) is 6.33 Å². The van der Waals surface area contributed by atoms with E-state index in [2.05, 4.69) is 41.0 Å². The molecule has 0 spiro atoms. The average molecular weight is 478 g/mol. The number of rotatable bonds is 9. The van der Waals surface area contributed by atoms with Gasteiger partial charge in [-0.05, 0) is 32.6 Å². The SMILES string of the molecule is CCn1cc(NC(=O)c2nc(C3CC3)cnc2Nc2cncnc2)c(C(=O)NCC2CCCO2)n1. The number of ether oxygens (including phenoxy) is 1. The number of hydrogen-bond acceptors (Lipinski definition) is 9. The topological polar surface area (TPSA) is 149 Å². The predicted octanol–water partition coefficient (Wildman–Crippen LogP) is 2.27. The van der Waals surface area contributed by atoms with E-state index >= 15 is 0 Å². The highest BCUT2D eigenvalue weighted by Gasteiger charge is 2.29. The Labute approximate surface area is 201 Å². The molecule has 182 valence electrons. The lowest BCUT2D eigenvalue weighted by atomic mass is 10.2. The molecule has 0 bridgehead atoms. The van der Waals surface area contributed by atoms with Gasteiger partial charge < -0.3 is 20.7 Å². The van der Waals surface area contributed by atoms with Crippen LogP contribution in [0, 0.1) is 0 Å².